The summed E-state index contributed by atoms with van der Waals surface area (Å²) in [5.74, 6) is -0.105. The van der Waals surface area contributed by atoms with Gasteiger partial charge in [-0.15, -0.1) is 0 Å². The van der Waals surface area contributed by atoms with E-state index in [2.05, 4.69) is 58.3 Å². The molecular weight excluding hydrogens is 466 g/mol. The molecule has 3 heterocycles. The number of likely N-dealkylation sites (N-methyl/N-ethyl adjacent to an activating group) is 1. The number of benzene rings is 1. The van der Waals surface area contributed by atoms with Gasteiger partial charge < -0.3 is 30.2 Å². The maximum atomic E-state index is 13.2. The van der Waals surface area contributed by atoms with Gasteiger partial charge in [0.25, 0.3) is 11.8 Å². The van der Waals surface area contributed by atoms with Crippen LogP contribution in [0.1, 0.15) is 66.5 Å². The van der Waals surface area contributed by atoms with Gasteiger partial charge in [0.1, 0.15) is 0 Å². The van der Waals surface area contributed by atoms with Crippen molar-refractivity contribution in [3.05, 3.63) is 46.3 Å². The van der Waals surface area contributed by atoms with Crippen LogP contribution in [0.3, 0.4) is 0 Å². The number of nitrogens with one attached hydrogen (secondary N) is 3. The molecule has 0 bridgehead atoms. The number of aromatic amines is 1. The summed E-state index contributed by atoms with van der Waals surface area (Å²) in [5, 5.41) is 6.17. The van der Waals surface area contributed by atoms with Crippen LogP contribution in [-0.2, 0) is 16.0 Å². The molecule has 1 aromatic heterocycles. The van der Waals surface area contributed by atoms with Crippen LogP contribution in [0.25, 0.3) is 11.1 Å². The Labute approximate surface area is 219 Å². The van der Waals surface area contributed by atoms with Gasteiger partial charge in [-0.25, -0.2) is 0 Å². The van der Waals surface area contributed by atoms with Gasteiger partial charge in [0.05, 0.1) is 30.4 Å². The highest BCUT2D eigenvalue weighted by Crippen LogP contribution is 2.45. The van der Waals surface area contributed by atoms with Crippen molar-refractivity contribution in [1.82, 2.24) is 15.2 Å². The smallest absolute Gasteiger partial charge is 0.256 e. The summed E-state index contributed by atoms with van der Waals surface area (Å²) in [6, 6.07) is 6.60. The summed E-state index contributed by atoms with van der Waals surface area (Å²) in [7, 11) is 0. The molecule has 3 N–H and O–H groups in total. The number of allylic oxidation sites excluding steroid dienone is 1. The number of rotatable bonds is 8. The number of fused-ring (bicyclic) bond motifs is 2. The number of ether oxygens (including phenoxy) is 1. The molecule has 37 heavy (non-hydrogen) atoms. The minimum Gasteiger partial charge on any atom is -0.377 e. The van der Waals surface area contributed by atoms with Crippen LogP contribution in [0, 0.1) is 6.92 Å². The molecule has 0 unspecified atom stereocenters. The lowest BCUT2D eigenvalue weighted by Crippen LogP contribution is -2.45. The van der Waals surface area contributed by atoms with Crippen LogP contribution in [0.15, 0.2) is 18.2 Å². The molecule has 0 saturated carbocycles. The van der Waals surface area contributed by atoms with Crippen molar-refractivity contribution < 1.29 is 14.3 Å². The molecule has 2 aromatic rings. The van der Waals surface area contributed by atoms with Gasteiger partial charge in [0, 0.05) is 48.0 Å². The third-order valence-corrected chi connectivity index (χ3v) is 8.13. The summed E-state index contributed by atoms with van der Waals surface area (Å²) in [6.45, 7) is 14.1. The van der Waals surface area contributed by atoms with Gasteiger partial charge in [-0.1, -0.05) is 20.8 Å². The zero-order valence-electron chi connectivity index (χ0n) is 22.5. The fraction of sp³-hybridized carbons (Fsp3) is 0.517. The van der Waals surface area contributed by atoms with Gasteiger partial charge in [-0.05, 0) is 68.6 Å². The number of carbonyl (C=O) groups is 2. The molecule has 8 nitrogen and oxygen atoms in total. The fourth-order valence-corrected chi connectivity index (χ4v) is 6.04. The molecule has 5 rings (SSSR count). The first kappa shape index (κ1) is 25.5. The normalized spacial score (nSPS) is 20.8. The second-order valence-electron chi connectivity index (χ2n) is 10.1. The number of hydrogen-bond acceptors (Lipinski definition) is 5. The maximum absolute atomic E-state index is 13.2. The molecule has 8 heteroatoms. The van der Waals surface area contributed by atoms with Crippen LogP contribution >= 0.6 is 0 Å². The minimum atomic E-state index is -0.0681. The molecule has 2 amide bonds. The molecule has 3 aliphatic rings. The van der Waals surface area contributed by atoms with E-state index in [1.807, 2.05) is 13.0 Å². The van der Waals surface area contributed by atoms with Gasteiger partial charge in [0.2, 0.25) is 0 Å². The van der Waals surface area contributed by atoms with E-state index in [9.17, 15) is 9.59 Å². The van der Waals surface area contributed by atoms with Gasteiger partial charge in [-0.3, -0.25) is 9.59 Å². The van der Waals surface area contributed by atoms with E-state index in [0.717, 1.165) is 103 Å². The lowest BCUT2D eigenvalue weighted by atomic mass is 9.98. The van der Waals surface area contributed by atoms with Crippen molar-refractivity contribution in [3.63, 3.8) is 0 Å². The Balaban J connectivity index is 1.45. The highest BCUT2D eigenvalue weighted by Gasteiger charge is 2.35. The third-order valence-electron chi connectivity index (χ3n) is 8.13. The topological polar surface area (TPSA) is 89.7 Å². The SMILES string of the molecule is CC[C@H]1COCCN1c1ccc2c(c1)/C(=C1\CCc3c1[nH]c(C)c3C(=O)NCCN(CC)CC)C(=O)N2. The van der Waals surface area contributed by atoms with Crippen molar-refractivity contribution in [2.24, 2.45) is 0 Å². The number of anilines is 2. The first-order chi connectivity index (χ1) is 18.0. The molecule has 1 atom stereocenters. The molecular formula is C29H39N5O3. The molecule has 0 spiro atoms. The van der Waals surface area contributed by atoms with Gasteiger partial charge in [0.15, 0.2) is 0 Å². The second-order valence-corrected chi connectivity index (χ2v) is 10.1. The number of aromatic nitrogens is 1. The lowest BCUT2D eigenvalue weighted by Gasteiger charge is -2.37. The number of carbonyl (C=O) groups excluding carboxylic acids is 2. The molecule has 2 aliphatic heterocycles. The van der Waals surface area contributed by atoms with E-state index in [0.29, 0.717) is 19.2 Å². The number of amides is 2. The number of H-pyrrole nitrogens is 1. The van der Waals surface area contributed by atoms with Crippen LogP contribution in [0.5, 0.6) is 0 Å². The Bertz CT molecular complexity index is 1230. The van der Waals surface area contributed by atoms with E-state index in [-0.39, 0.29) is 11.8 Å². The van der Waals surface area contributed by atoms with E-state index in [1.165, 1.54) is 0 Å². The quantitative estimate of drug-likeness (QED) is 0.475. The van der Waals surface area contributed by atoms with Crippen molar-refractivity contribution in [1.29, 1.82) is 0 Å². The Hall–Kier alpha value is -3.10. The van der Waals surface area contributed by atoms with Crippen molar-refractivity contribution in [3.8, 4) is 0 Å². The molecule has 1 fully saturated rings. The monoisotopic (exact) mass is 505 g/mol. The predicted octanol–water partition coefficient (Wildman–Crippen LogP) is 3.82. The zero-order valence-corrected chi connectivity index (χ0v) is 22.5. The van der Waals surface area contributed by atoms with E-state index < -0.39 is 0 Å². The van der Waals surface area contributed by atoms with Crippen molar-refractivity contribution in [2.75, 3.05) is 56.2 Å². The Kier molecular flexibility index (Phi) is 7.40. The van der Waals surface area contributed by atoms with E-state index >= 15 is 0 Å². The first-order valence-corrected chi connectivity index (χ1v) is 13.7. The zero-order chi connectivity index (χ0) is 26.1. The van der Waals surface area contributed by atoms with Crippen molar-refractivity contribution >= 4 is 34.3 Å². The predicted molar refractivity (Wildman–Crippen MR) is 148 cm³/mol. The molecule has 198 valence electrons. The highest BCUT2D eigenvalue weighted by atomic mass is 16.5. The summed E-state index contributed by atoms with van der Waals surface area (Å²) >= 11 is 0. The van der Waals surface area contributed by atoms with Crippen LogP contribution in [0.2, 0.25) is 0 Å². The minimum absolute atomic E-state index is 0.0371. The van der Waals surface area contributed by atoms with E-state index in [4.69, 9.17) is 4.74 Å². The lowest BCUT2D eigenvalue weighted by molar-refractivity contribution is -0.110. The summed E-state index contributed by atoms with van der Waals surface area (Å²) in [5.41, 5.74) is 8.20. The van der Waals surface area contributed by atoms with Crippen molar-refractivity contribution in [2.45, 2.75) is 53.0 Å². The van der Waals surface area contributed by atoms with Crippen LogP contribution < -0.4 is 15.5 Å². The van der Waals surface area contributed by atoms with Gasteiger partial charge >= 0.3 is 0 Å². The number of hydrogen-bond donors (Lipinski definition) is 3. The largest absolute Gasteiger partial charge is 0.377 e. The molecule has 1 aliphatic carbocycles. The Morgan fingerprint density at radius 1 is 1.22 bits per heavy atom. The number of nitrogens with zero attached hydrogens (tertiary/aromatic N) is 2. The second kappa shape index (κ2) is 10.7. The molecule has 1 saturated heterocycles. The van der Waals surface area contributed by atoms with E-state index in [1.54, 1.807) is 0 Å². The van der Waals surface area contributed by atoms with Crippen LogP contribution in [-0.4, -0.2) is 73.7 Å². The summed E-state index contributed by atoms with van der Waals surface area (Å²) in [6.07, 6.45) is 2.50. The molecule has 1 aromatic carbocycles. The van der Waals surface area contributed by atoms with Crippen LogP contribution in [0.4, 0.5) is 11.4 Å². The summed E-state index contributed by atoms with van der Waals surface area (Å²) < 4.78 is 5.70. The standard InChI is InChI=1S/C29H39N5O3/c1-5-19-17-37-15-14-34(19)20-8-11-24-23(16-20)26(29(36)32-24)22-10-9-21-25(18(4)31-27(21)22)28(35)30-12-13-33(6-2)7-3/h8,11,16,19,31H,5-7,9-10,12-15,17H2,1-4H3,(H,30,35)(H,32,36)/b26-22-/t19-/m0/s1. The maximum Gasteiger partial charge on any atom is 0.256 e. The highest BCUT2D eigenvalue weighted by molar-refractivity contribution is 6.37. The number of morpholine rings is 1. The number of aryl methyl sites for hydroxylation is 1. The Morgan fingerprint density at radius 2 is 2.03 bits per heavy atom. The fourth-order valence-electron chi connectivity index (χ4n) is 6.04. The Morgan fingerprint density at radius 3 is 2.78 bits per heavy atom. The average Bonchev–Trinajstić information content (AvgIpc) is 3.55. The first-order valence-electron chi connectivity index (χ1n) is 13.7. The van der Waals surface area contributed by atoms with Gasteiger partial charge in [-0.2, -0.15) is 0 Å². The summed E-state index contributed by atoms with van der Waals surface area (Å²) in [4.78, 5) is 34.5. The average molecular weight is 506 g/mol. The third kappa shape index (κ3) is 4.68. The molecule has 0 radical (unpaired) electrons.